The van der Waals surface area contributed by atoms with Crippen molar-refractivity contribution < 1.29 is 10.2 Å². The van der Waals surface area contributed by atoms with Crippen LogP contribution in [0.3, 0.4) is 0 Å². The Morgan fingerprint density at radius 1 is 1.47 bits per heavy atom. The second kappa shape index (κ2) is 4.78. The van der Waals surface area contributed by atoms with E-state index >= 15 is 0 Å². The van der Waals surface area contributed by atoms with Gasteiger partial charge in [0, 0.05) is 19.2 Å². The molecule has 1 saturated carbocycles. The molecule has 1 fully saturated rings. The van der Waals surface area contributed by atoms with Crippen LogP contribution in [0.25, 0.3) is 0 Å². The molecule has 4 nitrogen and oxygen atoms in total. The Morgan fingerprint density at radius 3 is 2.65 bits per heavy atom. The van der Waals surface area contributed by atoms with E-state index in [1.165, 1.54) is 0 Å². The monoisotopic (exact) mass is 238 g/mol. The van der Waals surface area contributed by atoms with E-state index in [2.05, 4.69) is 12.0 Å². The van der Waals surface area contributed by atoms with Gasteiger partial charge in [-0.05, 0) is 25.3 Å². The van der Waals surface area contributed by atoms with Crippen molar-refractivity contribution in [3.8, 4) is 0 Å². The van der Waals surface area contributed by atoms with Gasteiger partial charge in [-0.15, -0.1) is 0 Å². The van der Waals surface area contributed by atoms with Gasteiger partial charge in [0.2, 0.25) is 0 Å². The van der Waals surface area contributed by atoms with Crippen molar-refractivity contribution in [2.24, 2.45) is 7.05 Å². The second-order valence-corrected chi connectivity index (χ2v) is 5.13. The Labute approximate surface area is 102 Å². The predicted molar refractivity (Wildman–Crippen MR) is 65.7 cm³/mol. The summed E-state index contributed by atoms with van der Waals surface area (Å²) in [5, 5.41) is 24.8. The van der Waals surface area contributed by atoms with Gasteiger partial charge in [0.05, 0.1) is 17.4 Å². The summed E-state index contributed by atoms with van der Waals surface area (Å²) in [5.41, 5.74) is 1.15. The summed E-state index contributed by atoms with van der Waals surface area (Å²) < 4.78 is 1.81. The van der Waals surface area contributed by atoms with Gasteiger partial charge in [-0.25, -0.2) is 0 Å². The molecule has 0 spiro atoms. The quantitative estimate of drug-likeness (QED) is 0.828. The average Bonchev–Trinajstić information content (AvgIpc) is 2.87. The van der Waals surface area contributed by atoms with Crippen LogP contribution in [0.5, 0.6) is 0 Å². The fraction of sp³-hybridized carbons (Fsp3) is 0.769. The van der Waals surface area contributed by atoms with E-state index in [4.69, 9.17) is 0 Å². The molecule has 1 aromatic heterocycles. The minimum Gasteiger partial charge on any atom is -0.390 e. The molecule has 0 bridgehead atoms. The van der Waals surface area contributed by atoms with E-state index in [0.717, 1.165) is 30.7 Å². The van der Waals surface area contributed by atoms with Crippen LogP contribution >= 0.6 is 0 Å². The third-order valence-electron chi connectivity index (χ3n) is 3.88. The molecule has 1 aliphatic rings. The highest BCUT2D eigenvalue weighted by Crippen LogP contribution is 2.33. The Bertz CT molecular complexity index is 381. The lowest BCUT2D eigenvalue weighted by molar-refractivity contribution is -0.0695. The summed E-state index contributed by atoms with van der Waals surface area (Å²) in [4.78, 5) is 0. The SMILES string of the molecule is CCc1cc(CC(O)C2(O)CCCC2)n(C)n1. The van der Waals surface area contributed by atoms with Crippen molar-refractivity contribution in [1.29, 1.82) is 0 Å². The fourth-order valence-electron chi connectivity index (χ4n) is 2.64. The molecule has 1 atom stereocenters. The minimum absolute atomic E-state index is 0.486. The zero-order valence-corrected chi connectivity index (χ0v) is 10.7. The van der Waals surface area contributed by atoms with Crippen LogP contribution in [0.4, 0.5) is 0 Å². The van der Waals surface area contributed by atoms with Gasteiger partial charge in [-0.2, -0.15) is 5.10 Å². The first-order valence-corrected chi connectivity index (χ1v) is 6.47. The Morgan fingerprint density at radius 2 is 2.12 bits per heavy atom. The number of nitrogens with zero attached hydrogens (tertiary/aromatic N) is 2. The van der Waals surface area contributed by atoms with Gasteiger partial charge in [-0.3, -0.25) is 4.68 Å². The summed E-state index contributed by atoms with van der Waals surface area (Å²) >= 11 is 0. The maximum atomic E-state index is 10.3. The van der Waals surface area contributed by atoms with E-state index < -0.39 is 11.7 Å². The Kier molecular flexibility index (Phi) is 3.54. The molecule has 0 aliphatic heterocycles. The topological polar surface area (TPSA) is 58.3 Å². The van der Waals surface area contributed by atoms with Crippen LogP contribution in [0.2, 0.25) is 0 Å². The van der Waals surface area contributed by atoms with Crippen LogP contribution in [0.1, 0.15) is 44.0 Å². The normalized spacial score (nSPS) is 20.7. The van der Waals surface area contributed by atoms with Gasteiger partial charge in [0.15, 0.2) is 0 Å². The smallest absolute Gasteiger partial charge is 0.0909 e. The predicted octanol–water partition coefficient (Wildman–Crippen LogP) is 1.19. The number of aliphatic hydroxyl groups is 2. The van der Waals surface area contributed by atoms with Crippen LogP contribution in [-0.4, -0.2) is 31.7 Å². The van der Waals surface area contributed by atoms with Gasteiger partial charge < -0.3 is 10.2 Å². The minimum atomic E-state index is -0.878. The second-order valence-electron chi connectivity index (χ2n) is 5.13. The van der Waals surface area contributed by atoms with Crippen molar-refractivity contribution in [3.63, 3.8) is 0 Å². The first kappa shape index (κ1) is 12.6. The standard InChI is InChI=1S/C13H22N2O2/c1-3-10-8-11(15(2)14-10)9-12(16)13(17)6-4-5-7-13/h8,12,16-17H,3-7,9H2,1-2H3. The molecule has 0 radical (unpaired) electrons. The molecule has 1 unspecified atom stereocenters. The Hall–Kier alpha value is -0.870. The molecule has 0 aromatic carbocycles. The zero-order valence-electron chi connectivity index (χ0n) is 10.7. The molecular formula is C13H22N2O2. The third-order valence-corrected chi connectivity index (χ3v) is 3.88. The number of aryl methyl sites for hydroxylation is 2. The molecule has 0 saturated heterocycles. The van der Waals surface area contributed by atoms with E-state index in [1.807, 2.05) is 13.1 Å². The van der Waals surface area contributed by atoms with Crippen molar-refractivity contribution in [3.05, 3.63) is 17.5 Å². The number of aromatic nitrogens is 2. The van der Waals surface area contributed by atoms with E-state index in [1.54, 1.807) is 4.68 Å². The van der Waals surface area contributed by atoms with Crippen LogP contribution in [0, 0.1) is 0 Å². The summed E-state index contributed by atoms with van der Waals surface area (Å²) in [5.74, 6) is 0. The molecule has 2 N–H and O–H groups in total. The van der Waals surface area contributed by atoms with Gasteiger partial charge in [0.25, 0.3) is 0 Å². The first-order chi connectivity index (χ1) is 8.05. The fourth-order valence-corrected chi connectivity index (χ4v) is 2.64. The van der Waals surface area contributed by atoms with Crippen molar-refractivity contribution in [1.82, 2.24) is 9.78 Å². The number of rotatable bonds is 4. The molecule has 1 aromatic rings. The molecular weight excluding hydrogens is 216 g/mol. The molecule has 1 aliphatic carbocycles. The summed E-state index contributed by atoms with van der Waals surface area (Å²) in [6.07, 6.45) is 4.16. The summed E-state index contributed by atoms with van der Waals surface area (Å²) in [6, 6.07) is 2.02. The van der Waals surface area contributed by atoms with Crippen molar-refractivity contribution in [2.75, 3.05) is 0 Å². The molecule has 17 heavy (non-hydrogen) atoms. The highest BCUT2D eigenvalue weighted by molar-refractivity contribution is 5.12. The zero-order chi connectivity index (χ0) is 12.5. The van der Waals surface area contributed by atoms with Gasteiger partial charge in [0.1, 0.15) is 0 Å². The lowest BCUT2D eigenvalue weighted by atomic mass is 9.91. The van der Waals surface area contributed by atoms with Crippen LogP contribution in [0.15, 0.2) is 6.07 Å². The number of hydrogen-bond donors (Lipinski definition) is 2. The van der Waals surface area contributed by atoms with E-state index in [-0.39, 0.29) is 0 Å². The third kappa shape index (κ3) is 2.53. The largest absolute Gasteiger partial charge is 0.390 e. The maximum absolute atomic E-state index is 10.3. The van der Waals surface area contributed by atoms with Gasteiger partial charge >= 0.3 is 0 Å². The lowest BCUT2D eigenvalue weighted by Crippen LogP contribution is -2.41. The lowest BCUT2D eigenvalue weighted by Gasteiger charge is -2.28. The van der Waals surface area contributed by atoms with E-state index in [9.17, 15) is 10.2 Å². The maximum Gasteiger partial charge on any atom is 0.0909 e. The van der Waals surface area contributed by atoms with Gasteiger partial charge in [-0.1, -0.05) is 19.8 Å². The number of hydrogen-bond acceptors (Lipinski definition) is 3. The molecule has 0 amide bonds. The molecule has 2 rings (SSSR count). The highest BCUT2D eigenvalue weighted by atomic mass is 16.3. The first-order valence-electron chi connectivity index (χ1n) is 6.47. The molecule has 96 valence electrons. The van der Waals surface area contributed by atoms with Crippen molar-refractivity contribution >= 4 is 0 Å². The molecule has 4 heteroatoms. The number of aliphatic hydroxyl groups excluding tert-OH is 1. The van der Waals surface area contributed by atoms with Crippen LogP contribution < -0.4 is 0 Å². The average molecular weight is 238 g/mol. The van der Waals surface area contributed by atoms with Crippen LogP contribution in [-0.2, 0) is 19.9 Å². The molecule has 1 heterocycles. The van der Waals surface area contributed by atoms with E-state index in [0.29, 0.717) is 19.3 Å². The Balaban J connectivity index is 2.06. The van der Waals surface area contributed by atoms with Crippen molar-refractivity contribution in [2.45, 2.75) is 57.2 Å². The highest BCUT2D eigenvalue weighted by Gasteiger charge is 2.38. The summed E-state index contributed by atoms with van der Waals surface area (Å²) in [7, 11) is 1.89. The summed E-state index contributed by atoms with van der Waals surface area (Å²) in [6.45, 7) is 2.06.